The Morgan fingerprint density at radius 2 is 1.76 bits per heavy atom. The zero-order valence-corrected chi connectivity index (χ0v) is 14.5. The molecule has 1 heterocycles. The highest BCUT2D eigenvalue weighted by Crippen LogP contribution is 2.25. The topological polar surface area (TPSA) is 68.0 Å². The molecule has 0 spiro atoms. The largest absolute Gasteiger partial charge is 0.398 e. The molecule has 0 atom stereocenters. The second-order valence-electron chi connectivity index (χ2n) is 5.82. The second kappa shape index (κ2) is 7.36. The number of hydrogen-bond donors (Lipinski definition) is 2. The Labute approximate surface area is 151 Å². The molecular formula is C20H18ClN3O. The van der Waals surface area contributed by atoms with Gasteiger partial charge in [0.15, 0.2) is 0 Å². The van der Waals surface area contributed by atoms with Gasteiger partial charge in [0.1, 0.15) is 0 Å². The van der Waals surface area contributed by atoms with Gasteiger partial charge >= 0.3 is 0 Å². The van der Waals surface area contributed by atoms with Crippen molar-refractivity contribution >= 4 is 28.9 Å². The molecule has 0 radical (unpaired) electrons. The van der Waals surface area contributed by atoms with Gasteiger partial charge in [-0.3, -0.25) is 9.78 Å². The number of aromatic nitrogens is 1. The maximum absolute atomic E-state index is 12.9. The molecule has 3 rings (SSSR count). The molecule has 25 heavy (non-hydrogen) atoms. The van der Waals surface area contributed by atoms with E-state index in [0.29, 0.717) is 28.4 Å². The summed E-state index contributed by atoms with van der Waals surface area (Å²) >= 11 is 5.89. The average molecular weight is 352 g/mol. The van der Waals surface area contributed by atoms with Crippen molar-refractivity contribution in [1.29, 1.82) is 0 Å². The molecule has 5 heteroatoms. The molecule has 0 aliphatic heterocycles. The summed E-state index contributed by atoms with van der Waals surface area (Å²) < 4.78 is 0. The third-order valence-corrected chi connectivity index (χ3v) is 4.27. The maximum atomic E-state index is 12.9. The third kappa shape index (κ3) is 3.98. The van der Waals surface area contributed by atoms with Crippen LogP contribution in [0.15, 0.2) is 60.9 Å². The van der Waals surface area contributed by atoms with Gasteiger partial charge in [0.05, 0.1) is 0 Å². The Balaban J connectivity index is 1.95. The summed E-state index contributed by atoms with van der Waals surface area (Å²) in [7, 11) is 0. The van der Waals surface area contributed by atoms with Crippen molar-refractivity contribution < 1.29 is 4.79 Å². The molecule has 2 aromatic carbocycles. The summed E-state index contributed by atoms with van der Waals surface area (Å²) in [5.74, 6) is -0.184. The lowest BCUT2D eigenvalue weighted by Gasteiger charge is -2.15. The van der Waals surface area contributed by atoms with E-state index in [0.717, 1.165) is 16.7 Å². The summed E-state index contributed by atoms with van der Waals surface area (Å²) in [5.41, 5.74) is 10.8. The van der Waals surface area contributed by atoms with Crippen molar-refractivity contribution in [2.24, 2.45) is 0 Å². The van der Waals surface area contributed by atoms with Gasteiger partial charge in [0.25, 0.3) is 5.91 Å². The summed E-state index contributed by atoms with van der Waals surface area (Å²) in [5, 5.41) is 3.54. The number of aryl methyl sites for hydroxylation is 1. The number of anilines is 2. The van der Waals surface area contributed by atoms with Gasteiger partial charge in [-0.1, -0.05) is 17.7 Å². The van der Waals surface area contributed by atoms with Gasteiger partial charge in [-0.2, -0.15) is 0 Å². The van der Waals surface area contributed by atoms with Crippen LogP contribution in [0.3, 0.4) is 0 Å². The quantitative estimate of drug-likeness (QED) is 0.681. The molecule has 0 unspecified atom stereocenters. The van der Waals surface area contributed by atoms with Crippen molar-refractivity contribution in [3.8, 4) is 0 Å². The first-order valence-electron chi connectivity index (χ1n) is 7.88. The fourth-order valence-electron chi connectivity index (χ4n) is 2.72. The molecule has 0 aliphatic carbocycles. The Morgan fingerprint density at radius 3 is 2.44 bits per heavy atom. The van der Waals surface area contributed by atoms with Crippen LogP contribution in [0.4, 0.5) is 11.4 Å². The minimum Gasteiger partial charge on any atom is -0.398 e. The van der Waals surface area contributed by atoms with Crippen molar-refractivity contribution in [2.75, 3.05) is 11.1 Å². The molecule has 1 amide bonds. The summed E-state index contributed by atoms with van der Waals surface area (Å²) in [6, 6.07) is 14.6. The zero-order chi connectivity index (χ0) is 17.8. The summed E-state index contributed by atoms with van der Waals surface area (Å²) in [6.45, 7) is 1.91. The number of nitrogens with two attached hydrogens (primary N) is 1. The minimum atomic E-state index is -0.184. The van der Waals surface area contributed by atoms with Crippen LogP contribution in [0.25, 0.3) is 0 Å². The number of benzene rings is 2. The smallest absolute Gasteiger partial charge is 0.256 e. The maximum Gasteiger partial charge on any atom is 0.256 e. The van der Waals surface area contributed by atoms with E-state index in [1.54, 1.807) is 36.7 Å². The lowest BCUT2D eigenvalue weighted by Crippen LogP contribution is -2.17. The number of nitrogens with zero attached hydrogens (tertiary/aromatic N) is 1. The molecular weight excluding hydrogens is 334 g/mol. The number of amides is 1. The number of halogens is 1. The Kier molecular flexibility index (Phi) is 5.00. The number of carbonyl (C=O) groups is 1. The Bertz CT molecular complexity index is 893. The van der Waals surface area contributed by atoms with Crippen molar-refractivity contribution in [2.45, 2.75) is 13.3 Å². The van der Waals surface area contributed by atoms with Gasteiger partial charge in [0, 0.05) is 40.8 Å². The van der Waals surface area contributed by atoms with Gasteiger partial charge < -0.3 is 11.1 Å². The number of pyridine rings is 1. The van der Waals surface area contributed by atoms with E-state index < -0.39 is 0 Å². The van der Waals surface area contributed by atoms with Crippen LogP contribution in [-0.2, 0) is 6.42 Å². The molecule has 0 aliphatic rings. The van der Waals surface area contributed by atoms with E-state index in [2.05, 4.69) is 10.3 Å². The van der Waals surface area contributed by atoms with E-state index in [1.165, 1.54) is 0 Å². The van der Waals surface area contributed by atoms with Gasteiger partial charge in [-0.15, -0.1) is 0 Å². The standard InChI is InChI=1S/C20H18ClN3O/c1-13-2-7-18(22)17(12-14-8-10-23-11-9-14)19(13)20(25)24-16-5-3-15(21)4-6-16/h2-11H,12,22H2,1H3,(H,24,25). The van der Waals surface area contributed by atoms with Crippen LogP contribution < -0.4 is 11.1 Å². The van der Waals surface area contributed by atoms with Gasteiger partial charge in [0.2, 0.25) is 0 Å². The highest BCUT2D eigenvalue weighted by molar-refractivity contribution is 6.30. The number of carbonyl (C=O) groups excluding carboxylic acids is 1. The first-order valence-corrected chi connectivity index (χ1v) is 8.26. The molecule has 3 aromatic rings. The highest BCUT2D eigenvalue weighted by Gasteiger charge is 2.17. The Hall–Kier alpha value is -2.85. The average Bonchev–Trinajstić information content (AvgIpc) is 2.61. The van der Waals surface area contributed by atoms with Crippen LogP contribution in [0, 0.1) is 6.92 Å². The van der Waals surface area contributed by atoms with Crippen molar-refractivity contribution in [3.05, 3.63) is 88.2 Å². The first-order chi connectivity index (χ1) is 12.0. The van der Waals surface area contributed by atoms with E-state index in [-0.39, 0.29) is 5.91 Å². The lowest BCUT2D eigenvalue weighted by molar-refractivity contribution is 0.102. The normalized spacial score (nSPS) is 10.5. The van der Waals surface area contributed by atoms with Gasteiger partial charge in [-0.05, 0) is 66.1 Å². The van der Waals surface area contributed by atoms with Crippen LogP contribution in [0.2, 0.25) is 5.02 Å². The number of nitrogens with one attached hydrogen (secondary N) is 1. The molecule has 0 saturated carbocycles. The number of hydrogen-bond acceptors (Lipinski definition) is 3. The second-order valence-corrected chi connectivity index (χ2v) is 6.25. The molecule has 126 valence electrons. The number of rotatable bonds is 4. The summed E-state index contributed by atoms with van der Waals surface area (Å²) in [4.78, 5) is 16.9. The Morgan fingerprint density at radius 1 is 1.08 bits per heavy atom. The number of nitrogen functional groups attached to an aromatic ring is 1. The molecule has 3 N–H and O–H groups in total. The minimum absolute atomic E-state index is 0.184. The van der Waals surface area contributed by atoms with Crippen molar-refractivity contribution in [3.63, 3.8) is 0 Å². The SMILES string of the molecule is Cc1ccc(N)c(Cc2ccncc2)c1C(=O)Nc1ccc(Cl)cc1. The highest BCUT2D eigenvalue weighted by atomic mass is 35.5. The molecule has 4 nitrogen and oxygen atoms in total. The third-order valence-electron chi connectivity index (χ3n) is 4.02. The van der Waals surface area contributed by atoms with Crippen LogP contribution in [0.1, 0.15) is 27.0 Å². The lowest BCUT2D eigenvalue weighted by atomic mass is 9.94. The molecule has 0 fully saturated rings. The fourth-order valence-corrected chi connectivity index (χ4v) is 2.85. The predicted molar refractivity (Wildman–Crippen MR) is 102 cm³/mol. The van der Waals surface area contributed by atoms with Crippen LogP contribution in [0.5, 0.6) is 0 Å². The summed E-state index contributed by atoms with van der Waals surface area (Å²) in [6.07, 6.45) is 4.03. The predicted octanol–water partition coefficient (Wildman–Crippen LogP) is 4.47. The van der Waals surface area contributed by atoms with E-state index in [4.69, 9.17) is 17.3 Å². The molecule has 0 bridgehead atoms. The molecule has 1 aromatic heterocycles. The zero-order valence-electron chi connectivity index (χ0n) is 13.8. The van der Waals surface area contributed by atoms with Crippen LogP contribution >= 0.6 is 11.6 Å². The van der Waals surface area contributed by atoms with Gasteiger partial charge in [-0.25, -0.2) is 0 Å². The van der Waals surface area contributed by atoms with E-state index in [1.807, 2.05) is 31.2 Å². The first kappa shape index (κ1) is 17.0. The molecule has 0 saturated heterocycles. The fraction of sp³-hybridized carbons (Fsp3) is 0.100. The van der Waals surface area contributed by atoms with E-state index in [9.17, 15) is 4.79 Å². The van der Waals surface area contributed by atoms with Crippen LogP contribution in [-0.4, -0.2) is 10.9 Å². The van der Waals surface area contributed by atoms with E-state index >= 15 is 0 Å². The monoisotopic (exact) mass is 351 g/mol. The van der Waals surface area contributed by atoms with Crippen molar-refractivity contribution in [1.82, 2.24) is 4.98 Å².